The van der Waals surface area contributed by atoms with Gasteiger partial charge in [-0.05, 0) is 49.6 Å². The third kappa shape index (κ3) is 2.66. The topological polar surface area (TPSA) is 68.4 Å². The van der Waals surface area contributed by atoms with E-state index in [4.69, 9.17) is 0 Å². The molecule has 4 rings (SSSR count). The monoisotopic (exact) mass is 353 g/mol. The Morgan fingerprint density at radius 2 is 2.27 bits per heavy atom. The molecule has 1 aromatic heterocycles. The number of H-pyrrole nitrogens is 1. The number of rotatable bonds is 4. The summed E-state index contributed by atoms with van der Waals surface area (Å²) in [6, 6.07) is 6.74. The smallest absolute Gasteiger partial charge is 0.225 e. The number of likely N-dealkylation sites (N-methyl/N-ethyl adjacent to an activating group) is 1. The SMILES string of the molecule is CCC(CO)C(=O)NC1C=C2c3cccc4[nH]c(C)c(c34)CC2N(C)C1. The average molecular weight is 353 g/mol. The van der Waals surface area contributed by atoms with E-state index in [2.05, 4.69) is 53.4 Å². The Labute approximate surface area is 154 Å². The number of fused-ring (bicyclic) bond motifs is 2. The summed E-state index contributed by atoms with van der Waals surface area (Å²) < 4.78 is 0. The number of hydrogen-bond donors (Lipinski definition) is 3. The Morgan fingerprint density at radius 3 is 3.00 bits per heavy atom. The van der Waals surface area contributed by atoms with Gasteiger partial charge in [0.2, 0.25) is 5.91 Å². The Bertz CT molecular complexity index is 879. The second-order valence-electron chi connectivity index (χ2n) is 7.64. The van der Waals surface area contributed by atoms with Crippen molar-refractivity contribution in [1.82, 2.24) is 15.2 Å². The van der Waals surface area contributed by atoms with Crippen LogP contribution in [0.3, 0.4) is 0 Å². The van der Waals surface area contributed by atoms with Crippen LogP contribution in [-0.4, -0.2) is 53.2 Å². The molecule has 1 aliphatic heterocycles. The van der Waals surface area contributed by atoms with Crippen molar-refractivity contribution in [3.8, 4) is 0 Å². The number of hydrogen-bond acceptors (Lipinski definition) is 3. The van der Waals surface area contributed by atoms with Gasteiger partial charge in [0.25, 0.3) is 0 Å². The molecule has 0 saturated heterocycles. The Morgan fingerprint density at radius 1 is 1.46 bits per heavy atom. The van der Waals surface area contributed by atoms with Gasteiger partial charge in [0, 0.05) is 29.2 Å². The van der Waals surface area contributed by atoms with Crippen LogP contribution in [0.4, 0.5) is 0 Å². The molecule has 0 saturated carbocycles. The number of aromatic amines is 1. The van der Waals surface area contributed by atoms with E-state index in [9.17, 15) is 9.90 Å². The molecule has 2 aromatic rings. The fourth-order valence-corrected chi connectivity index (χ4v) is 4.51. The second-order valence-corrected chi connectivity index (χ2v) is 7.64. The Kier molecular flexibility index (Phi) is 4.37. The molecule has 138 valence electrons. The van der Waals surface area contributed by atoms with E-state index >= 15 is 0 Å². The zero-order chi connectivity index (χ0) is 18.4. The van der Waals surface area contributed by atoms with Gasteiger partial charge in [-0.1, -0.05) is 25.1 Å². The first-order valence-corrected chi connectivity index (χ1v) is 9.47. The summed E-state index contributed by atoms with van der Waals surface area (Å²) in [6.45, 7) is 4.77. The fraction of sp³-hybridized carbons (Fsp3) is 0.476. The summed E-state index contributed by atoms with van der Waals surface area (Å²) in [5.74, 6) is -0.388. The maximum absolute atomic E-state index is 12.4. The lowest BCUT2D eigenvalue weighted by molar-refractivity contribution is -0.126. The van der Waals surface area contributed by atoms with E-state index in [-0.39, 0.29) is 24.5 Å². The first-order valence-electron chi connectivity index (χ1n) is 9.47. The molecule has 0 fully saturated rings. The van der Waals surface area contributed by atoms with Crippen LogP contribution >= 0.6 is 0 Å². The molecule has 2 heterocycles. The van der Waals surface area contributed by atoms with Crippen LogP contribution in [0.15, 0.2) is 24.3 Å². The minimum atomic E-state index is -0.329. The van der Waals surface area contributed by atoms with E-state index in [0.29, 0.717) is 12.5 Å². The van der Waals surface area contributed by atoms with E-state index in [0.717, 1.165) is 13.0 Å². The van der Waals surface area contributed by atoms with Gasteiger partial charge in [-0.25, -0.2) is 0 Å². The molecule has 0 spiro atoms. The number of benzene rings is 1. The van der Waals surface area contributed by atoms with Crippen LogP contribution in [0.5, 0.6) is 0 Å². The van der Waals surface area contributed by atoms with Gasteiger partial charge in [0.1, 0.15) is 0 Å². The molecule has 2 aliphatic rings. The van der Waals surface area contributed by atoms with Gasteiger partial charge in [-0.2, -0.15) is 0 Å². The van der Waals surface area contributed by atoms with E-state index in [1.165, 1.54) is 33.3 Å². The van der Waals surface area contributed by atoms with Crippen LogP contribution in [0, 0.1) is 12.8 Å². The molecule has 5 heteroatoms. The number of aliphatic hydroxyl groups excluding tert-OH is 1. The van der Waals surface area contributed by atoms with Gasteiger partial charge >= 0.3 is 0 Å². The minimum Gasteiger partial charge on any atom is -0.396 e. The van der Waals surface area contributed by atoms with E-state index in [1.807, 2.05) is 6.92 Å². The van der Waals surface area contributed by atoms with E-state index in [1.54, 1.807) is 0 Å². The van der Waals surface area contributed by atoms with Gasteiger partial charge < -0.3 is 15.4 Å². The van der Waals surface area contributed by atoms with Crippen LogP contribution in [0.25, 0.3) is 16.5 Å². The second kappa shape index (κ2) is 6.56. The van der Waals surface area contributed by atoms with Gasteiger partial charge in [0.05, 0.1) is 18.6 Å². The summed E-state index contributed by atoms with van der Waals surface area (Å²) in [4.78, 5) is 18.3. The molecule has 5 nitrogen and oxygen atoms in total. The number of aliphatic hydroxyl groups is 1. The summed E-state index contributed by atoms with van der Waals surface area (Å²) >= 11 is 0. The van der Waals surface area contributed by atoms with Crippen molar-refractivity contribution in [2.24, 2.45) is 5.92 Å². The molecule has 1 aliphatic carbocycles. The third-order valence-electron chi connectivity index (χ3n) is 6.02. The van der Waals surface area contributed by atoms with Crippen molar-refractivity contribution in [2.45, 2.75) is 38.8 Å². The lowest BCUT2D eigenvalue weighted by atomic mass is 9.80. The van der Waals surface area contributed by atoms with Crippen LogP contribution in [-0.2, 0) is 11.2 Å². The lowest BCUT2D eigenvalue weighted by Crippen LogP contribution is -2.51. The first kappa shape index (κ1) is 17.3. The maximum atomic E-state index is 12.4. The molecule has 3 N–H and O–H groups in total. The maximum Gasteiger partial charge on any atom is 0.225 e. The zero-order valence-corrected chi connectivity index (χ0v) is 15.7. The van der Waals surface area contributed by atoms with Crippen molar-refractivity contribution >= 4 is 22.4 Å². The highest BCUT2D eigenvalue weighted by atomic mass is 16.3. The molecule has 0 bridgehead atoms. The molecular weight excluding hydrogens is 326 g/mol. The third-order valence-corrected chi connectivity index (χ3v) is 6.02. The van der Waals surface area contributed by atoms with Crippen molar-refractivity contribution in [1.29, 1.82) is 0 Å². The molecule has 0 radical (unpaired) electrons. The Hall–Kier alpha value is -2.11. The highest BCUT2D eigenvalue weighted by molar-refractivity contribution is 5.99. The number of aromatic nitrogens is 1. The predicted octanol–water partition coefficient (Wildman–Crippen LogP) is 2.23. The highest BCUT2D eigenvalue weighted by Crippen LogP contribution is 2.41. The summed E-state index contributed by atoms with van der Waals surface area (Å²) in [5.41, 5.74) is 6.44. The van der Waals surface area contributed by atoms with Crippen molar-refractivity contribution < 1.29 is 9.90 Å². The average Bonchev–Trinajstić information content (AvgIpc) is 2.94. The quantitative estimate of drug-likeness (QED) is 0.790. The normalized spacial score (nSPS) is 23.5. The zero-order valence-electron chi connectivity index (χ0n) is 15.7. The number of carbonyl (C=O) groups is 1. The molecule has 3 atom stereocenters. The van der Waals surface area contributed by atoms with E-state index < -0.39 is 0 Å². The van der Waals surface area contributed by atoms with Gasteiger partial charge in [0.15, 0.2) is 0 Å². The number of nitrogens with one attached hydrogen (secondary N) is 2. The molecule has 3 unspecified atom stereocenters. The van der Waals surface area contributed by atoms with Crippen molar-refractivity contribution in [3.63, 3.8) is 0 Å². The summed E-state index contributed by atoms with van der Waals surface area (Å²) in [7, 11) is 2.13. The number of nitrogens with zero attached hydrogens (tertiary/aromatic N) is 1. The number of amides is 1. The molecular formula is C21H27N3O2. The van der Waals surface area contributed by atoms with Crippen molar-refractivity contribution in [2.75, 3.05) is 20.2 Å². The summed E-state index contributed by atoms with van der Waals surface area (Å²) in [6.07, 6.45) is 3.88. The van der Waals surface area contributed by atoms with Gasteiger partial charge in [-0.3, -0.25) is 9.69 Å². The van der Waals surface area contributed by atoms with Crippen LogP contribution in [0.2, 0.25) is 0 Å². The van der Waals surface area contributed by atoms with Crippen LogP contribution < -0.4 is 5.32 Å². The Balaban J connectivity index is 1.72. The molecule has 1 aromatic carbocycles. The molecule has 1 amide bonds. The predicted molar refractivity (Wildman–Crippen MR) is 104 cm³/mol. The standard InChI is InChI=1S/C21H27N3O2/c1-4-13(11-25)21(26)23-14-8-17-15-6-5-7-18-20(15)16(12(2)22-18)9-19(17)24(3)10-14/h5-8,13-14,19,22,25H,4,9-11H2,1-3H3,(H,23,26). The molecule has 26 heavy (non-hydrogen) atoms. The minimum absolute atomic E-state index is 0.0313. The summed E-state index contributed by atoms with van der Waals surface area (Å²) in [5, 5.41) is 13.8. The number of aryl methyl sites for hydroxylation is 1. The largest absolute Gasteiger partial charge is 0.396 e. The first-order chi connectivity index (χ1) is 12.5. The van der Waals surface area contributed by atoms with Crippen molar-refractivity contribution in [3.05, 3.63) is 41.1 Å². The lowest BCUT2D eigenvalue weighted by Gasteiger charge is -2.40. The highest BCUT2D eigenvalue weighted by Gasteiger charge is 2.35. The fourth-order valence-electron chi connectivity index (χ4n) is 4.51. The van der Waals surface area contributed by atoms with Crippen LogP contribution in [0.1, 0.15) is 30.2 Å². The van der Waals surface area contributed by atoms with Gasteiger partial charge in [-0.15, -0.1) is 0 Å². The number of carbonyl (C=O) groups excluding carboxylic acids is 1.